The predicted molar refractivity (Wildman–Crippen MR) is 186 cm³/mol. The van der Waals surface area contributed by atoms with Crippen LogP contribution in [0.1, 0.15) is 104 Å². The molecule has 51 heavy (non-hydrogen) atoms. The first-order valence-corrected chi connectivity index (χ1v) is 18.4. The van der Waals surface area contributed by atoms with Gasteiger partial charge in [0.2, 0.25) is 5.79 Å². The fourth-order valence-electron chi connectivity index (χ4n) is 6.55. The zero-order valence-electron chi connectivity index (χ0n) is 30.8. The Morgan fingerprint density at radius 3 is 2.47 bits per heavy atom. The van der Waals surface area contributed by atoms with Gasteiger partial charge in [0, 0.05) is 44.0 Å². The van der Waals surface area contributed by atoms with Gasteiger partial charge in [0.05, 0.1) is 44.6 Å². The first-order chi connectivity index (χ1) is 24.3. The molecule has 0 aromatic carbocycles. The molecule has 0 spiro atoms. The molecule has 13 heteroatoms. The van der Waals surface area contributed by atoms with Gasteiger partial charge in [0.15, 0.2) is 12.4 Å². The summed E-state index contributed by atoms with van der Waals surface area (Å²) >= 11 is 0. The van der Waals surface area contributed by atoms with E-state index in [-0.39, 0.29) is 56.5 Å². The van der Waals surface area contributed by atoms with Crippen LogP contribution in [-0.4, -0.2) is 109 Å². The van der Waals surface area contributed by atoms with Crippen LogP contribution in [0.5, 0.6) is 0 Å². The highest BCUT2D eigenvalue weighted by Gasteiger charge is 2.57. The summed E-state index contributed by atoms with van der Waals surface area (Å²) < 4.78 is 41.0. The summed E-state index contributed by atoms with van der Waals surface area (Å²) in [6.45, 7) is 9.35. The van der Waals surface area contributed by atoms with Crippen molar-refractivity contribution in [2.75, 3.05) is 26.9 Å². The number of aliphatic hydroxyl groups excluding tert-OH is 2. The topological polar surface area (TPSA) is 177 Å². The number of ether oxygens (including phenoxy) is 7. The zero-order chi connectivity index (χ0) is 37.4. The van der Waals surface area contributed by atoms with Crippen LogP contribution in [0.4, 0.5) is 0 Å². The number of unbranched alkanes of at least 4 members (excludes halogenated alkanes) is 4. The molecular weight excluding hydrogens is 664 g/mol. The minimum Gasteiger partial charge on any atom is -0.466 e. The maximum absolute atomic E-state index is 13.3. The lowest BCUT2D eigenvalue weighted by Crippen LogP contribution is -2.62. The Morgan fingerprint density at radius 1 is 1.04 bits per heavy atom. The van der Waals surface area contributed by atoms with Crippen LogP contribution < -0.4 is 0 Å². The van der Waals surface area contributed by atoms with E-state index in [0.29, 0.717) is 32.3 Å². The second-order valence-corrected chi connectivity index (χ2v) is 14.2. The fourth-order valence-corrected chi connectivity index (χ4v) is 6.55. The molecule has 3 aliphatic heterocycles. The Balaban J connectivity index is 2.04. The van der Waals surface area contributed by atoms with E-state index in [2.05, 4.69) is 13.5 Å². The summed E-state index contributed by atoms with van der Waals surface area (Å²) in [5.41, 5.74) is -1.08. The molecule has 0 saturated carbocycles. The van der Waals surface area contributed by atoms with Gasteiger partial charge >= 0.3 is 17.9 Å². The monoisotopic (exact) mass is 724 g/mol. The maximum Gasteiger partial charge on any atom is 0.330 e. The molecule has 0 amide bonds. The zero-order valence-corrected chi connectivity index (χ0v) is 30.8. The summed E-state index contributed by atoms with van der Waals surface area (Å²) in [5, 5.41) is 33.3. The molecule has 0 radical (unpaired) electrons. The molecule has 8 atom stereocenters. The van der Waals surface area contributed by atoms with Crippen LogP contribution in [0.25, 0.3) is 0 Å². The number of hydrogen-bond donors (Lipinski definition) is 3. The van der Waals surface area contributed by atoms with Crippen molar-refractivity contribution in [3.8, 4) is 0 Å². The number of aliphatic hydroxyl groups is 3. The van der Waals surface area contributed by atoms with E-state index < -0.39 is 66.4 Å². The molecule has 290 valence electrons. The first kappa shape index (κ1) is 42.8. The number of esters is 3. The lowest BCUT2D eigenvalue weighted by Gasteiger charge is -2.51. The van der Waals surface area contributed by atoms with E-state index >= 15 is 0 Å². The molecule has 3 N–H and O–H groups in total. The molecule has 1 unspecified atom stereocenters. The van der Waals surface area contributed by atoms with E-state index in [1.807, 2.05) is 0 Å². The van der Waals surface area contributed by atoms with Crippen molar-refractivity contribution >= 4 is 17.9 Å². The van der Waals surface area contributed by atoms with Crippen molar-refractivity contribution in [1.29, 1.82) is 0 Å². The third kappa shape index (κ3) is 13.4. The largest absolute Gasteiger partial charge is 0.466 e. The Kier molecular flexibility index (Phi) is 17.7. The number of rotatable bonds is 11. The van der Waals surface area contributed by atoms with Crippen molar-refractivity contribution in [3.63, 3.8) is 0 Å². The van der Waals surface area contributed by atoms with E-state index in [1.54, 1.807) is 32.1 Å². The number of fused-ring (bicyclic) bond motifs is 4. The minimum atomic E-state index is -2.27. The summed E-state index contributed by atoms with van der Waals surface area (Å²) in [6, 6.07) is 0. The number of carbonyl (C=O) groups excluding carboxylic acids is 3. The van der Waals surface area contributed by atoms with Gasteiger partial charge in [-0.05, 0) is 43.8 Å². The van der Waals surface area contributed by atoms with Crippen LogP contribution in [0.15, 0.2) is 36.5 Å². The van der Waals surface area contributed by atoms with Gasteiger partial charge in [0.1, 0.15) is 6.10 Å². The first-order valence-electron chi connectivity index (χ1n) is 18.4. The highest BCUT2D eigenvalue weighted by molar-refractivity contribution is 5.83. The van der Waals surface area contributed by atoms with Crippen molar-refractivity contribution in [2.45, 2.75) is 153 Å². The maximum atomic E-state index is 13.3. The molecule has 2 fully saturated rings. The fraction of sp³-hybridized carbons (Fsp3) is 0.763. The number of carbonyl (C=O) groups is 3. The lowest BCUT2D eigenvalue weighted by molar-refractivity contribution is -0.327. The van der Waals surface area contributed by atoms with Crippen LogP contribution in [0, 0.1) is 5.41 Å². The molecule has 3 rings (SSSR count). The van der Waals surface area contributed by atoms with Gasteiger partial charge < -0.3 is 48.5 Å². The Bertz CT molecular complexity index is 1180. The standard InChI is InChI=1S/C38H60O13/c1-6-8-9-10-11-13-32(41)50-36-26(21-33(42)45-5)20-30-24-31(25-39)47-34(43)22-27(40)15-18-46-19-16-29-23-28(12-7-2)48-35(49-29)14-17-37(3,4)38(36,44)51-30/h7,14,17,21,27-31,35-36,39-40,44H,2,6,8-13,15-16,18-20,22-25H2,1,3-5H3/t27-,28+,29-,30?,31-,35+,36+,38-/m1/s1. The normalized spacial score (nSPS) is 33.1. The highest BCUT2D eigenvalue weighted by Crippen LogP contribution is 2.47. The smallest absolute Gasteiger partial charge is 0.330 e. The summed E-state index contributed by atoms with van der Waals surface area (Å²) in [6.07, 6.45) is 6.85. The summed E-state index contributed by atoms with van der Waals surface area (Å²) in [7, 11) is 1.21. The van der Waals surface area contributed by atoms with Gasteiger partial charge in [-0.15, -0.1) is 6.58 Å². The van der Waals surface area contributed by atoms with E-state index in [0.717, 1.165) is 25.7 Å². The summed E-state index contributed by atoms with van der Waals surface area (Å²) in [5.74, 6) is -4.29. The lowest BCUT2D eigenvalue weighted by atomic mass is 9.74. The number of methoxy groups -OCH3 is 1. The van der Waals surface area contributed by atoms with E-state index in [1.165, 1.54) is 13.2 Å². The van der Waals surface area contributed by atoms with Crippen molar-refractivity contribution in [1.82, 2.24) is 0 Å². The van der Waals surface area contributed by atoms with Gasteiger partial charge in [-0.25, -0.2) is 4.79 Å². The van der Waals surface area contributed by atoms with Crippen LogP contribution in [-0.2, 0) is 47.5 Å². The van der Waals surface area contributed by atoms with Crippen LogP contribution >= 0.6 is 0 Å². The average molecular weight is 725 g/mol. The van der Waals surface area contributed by atoms with Crippen molar-refractivity contribution in [3.05, 3.63) is 36.5 Å². The molecule has 3 aliphatic rings. The molecule has 0 aromatic heterocycles. The third-order valence-electron chi connectivity index (χ3n) is 9.55. The Hall–Kier alpha value is -2.65. The Labute approximate surface area is 302 Å². The SMILES string of the molecule is C=CC[C@H]1C[C@H]2CCOCC[C@@H](O)CC(=O)O[C@@H](CO)CC3CC(=CC(=O)OC)[C@H](OC(=O)CCCCCCC)[C@@](O)(O3)C(C)(C)C=C[C@H](O2)O1. The Morgan fingerprint density at radius 2 is 1.76 bits per heavy atom. The molecular formula is C38H60O13. The highest BCUT2D eigenvalue weighted by atomic mass is 16.7. The van der Waals surface area contributed by atoms with E-state index in [9.17, 15) is 29.7 Å². The molecule has 0 aromatic rings. The van der Waals surface area contributed by atoms with Gasteiger partial charge in [-0.3, -0.25) is 9.59 Å². The average Bonchev–Trinajstić information content (AvgIpc) is 3.08. The van der Waals surface area contributed by atoms with Crippen molar-refractivity contribution < 1.29 is 62.9 Å². The van der Waals surface area contributed by atoms with Gasteiger partial charge in [-0.2, -0.15) is 0 Å². The molecule has 13 nitrogen and oxygen atoms in total. The molecule has 2 saturated heterocycles. The predicted octanol–water partition coefficient (Wildman–Crippen LogP) is 4.35. The van der Waals surface area contributed by atoms with Crippen molar-refractivity contribution in [2.24, 2.45) is 5.41 Å². The second kappa shape index (κ2) is 21.2. The van der Waals surface area contributed by atoms with E-state index in [4.69, 9.17) is 33.2 Å². The molecule has 3 heterocycles. The third-order valence-corrected chi connectivity index (χ3v) is 9.55. The number of hydrogen-bond acceptors (Lipinski definition) is 13. The van der Waals surface area contributed by atoms with Gasteiger partial charge in [-0.1, -0.05) is 58.6 Å². The quantitative estimate of drug-likeness (QED) is 0.0902. The second-order valence-electron chi connectivity index (χ2n) is 14.2. The van der Waals surface area contributed by atoms with Crippen LogP contribution in [0.2, 0.25) is 0 Å². The van der Waals surface area contributed by atoms with Crippen LogP contribution in [0.3, 0.4) is 0 Å². The molecule has 4 bridgehead atoms. The number of cyclic esters (lactones) is 1. The minimum absolute atomic E-state index is 0.0145. The summed E-state index contributed by atoms with van der Waals surface area (Å²) in [4.78, 5) is 38.7. The molecule has 0 aliphatic carbocycles. The van der Waals surface area contributed by atoms with Gasteiger partial charge in [0.25, 0.3) is 0 Å².